The molecule has 0 amide bonds. The highest BCUT2D eigenvalue weighted by molar-refractivity contribution is 6.32. The van der Waals surface area contributed by atoms with Crippen LogP contribution in [0.3, 0.4) is 0 Å². The molecule has 140 valence electrons. The molecular formula is C20H25Cl2N3O. The molecule has 0 radical (unpaired) electrons. The van der Waals surface area contributed by atoms with Gasteiger partial charge in [-0.3, -0.25) is 0 Å². The van der Waals surface area contributed by atoms with Gasteiger partial charge < -0.3 is 15.0 Å². The number of nitrogens with zero attached hydrogens (tertiary/aromatic N) is 2. The second-order valence-electron chi connectivity index (χ2n) is 7.38. The number of hydrogen-bond donors (Lipinski definition) is 2. The SMILES string of the molecule is CC(C)(CCn1cnc2ccccc21)NCC(O)C1=CC(Cl)CC=C1Cl. The third-order valence-corrected chi connectivity index (χ3v) is 5.47. The summed E-state index contributed by atoms with van der Waals surface area (Å²) in [5, 5.41) is 14.4. The van der Waals surface area contributed by atoms with Crippen molar-refractivity contribution in [3.8, 4) is 0 Å². The maximum absolute atomic E-state index is 10.5. The number of aryl methyl sites for hydroxylation is 1. The van der Waals surface area contributed by atoms with Crippen LogP contribution in [-0.2, 0) is 6.54 Å². The summed E-state index contributed by atoms with van der Waals surface area (Å²) >= 11 is 12.4. The summed E-state index contributed by atoms with van der Waals surface area (Å²) in [7, 11) is 0. The van der Waals surface area contributed by atoms with Crippen molar-refractivity contribution >= 4 is 34.2 Å². The number of aliphatic hydroxyl groups excluding tert-OH is 1. The van der Waals surface area contributed by atoms with E-state index in [9.17, 15) is 5.11 Å². The van der Waals surface area contributed by atoms with Crippen LogP contribution in [0.25, 0.3) is 11.0 Å². The van der Waals surface area contributed by atoms with E-state index in [0.29, 0.717) is 23.6 Å². The van der Waals surface area contributed by atoms with Crippen LogP contribution in [0.15, 0.2) is 53.4 Å². The largest absolute Gasteiger partial charge is 0.387 e. The minimum atomic E-state index is -0.673. The predicted octanol–water partition coefficient (Wildman–Crippen LogP) is 4.22. The number of hydrogen-bond acceptors (Lipinski definition) is 3. The Hall–Kier alpha value is -1.33. The number of nitrogens with one attached hydrogen (secondary N) is 1. The van der Waals surface area contributed by atoms with Gasteiger partial charge in [0.2, 0.25) is 0 Å². The molecule has 6 heteroatoms. The molecule has 0 saturated heterocycles. The molecule has 26 heavy (non-hydrogen) atoms. The van der Waals surface area contributed by atoms with E-state index in [1.165, 1.54) is 0 Å². The van der Waals surface area contributed by atoms with Gasteiger partial charge in [-0.05, 0) is 44.4 Å². The zero-order valence-electron chi connectivity index (χ0n) is 15.1. The summed E-state index contributed by atoms with van der Waals surface area (Å²) < 4.78 is 2.16. The fourth-order valence-electron chi connectivity index (χ4n) is 3.11. The Morgan fingerprint density at radius 2 is 2.15 bits per heavy atom. The number of rotatable bonds is 7. The lowest BCUT2D eigenvalue weighted by Gasteiger charge is -2.29. The first-order valence-corrected chi connectivity index (χ1v) is 9.72. The molecule has 0 bridgehead atoms. The van der Waals surface area contributed by atoms with Gasteiger partial charge in [-0.1, -0.05) is 35.9 Å². The van der Waals surface area contributed by atoms with Gasteiger partial charge in [0.15, 0.2) is 0 Å². The Morgan fingerprint density at radius 1 is 1.38 bits per heavy atom. The topological polar surface area (TPSA) is 50.1 Å². The van der Waals surface area contributed by atoms with E-state index < -0.39 is 6.10 Å². The molecule has 0 aliphatic heterocycles. The van der Waals surface area contributed by atoms with E-state index in [-0.39, 0.29) is 10.9 Å². The molecule has 1 aliphatic rings. The number of aromatic nitrogens is 2. The summed E-state index contributed by atoms with van der Waals surface area (Å²) in [5.74, 6) is 0. The molecule has 2 aromatic rings. The first kappa shape index (κ1) is 19.4. The van der Waals surface area contributed by atoms with Crippen molar-refractivity contribution < 1.29 is 5.11 Å². The molecule has 1 aromatic carbocycles. The Balaban J connectivity index is 1.56. The molecular weight excluding hydrogens is 369 g/mol. The van der Waals surface area contributed by atoms with Crippen molar-refractivity contribution in [2.24, 2.45) is 0 Å². The standard InChI is InChI=1S/C20H25Cl2N3O/c1-20(2,9-10-25-13-23-17-5-3-4-6-18(17)25)24-12-19(26)15-11-14(21)7-8-16(15)22/h3-6,8,11,13-14,19,24,26H,7,9-10,12H2,1-2H3. The van der Waals surface area contributed by atoms with Crippen molar-refractivity contribution in [2.75, 3.05) is 6.54 Å². The number of β-amino-alcohol motifs (C(OH)–C–C–N with tert-alkyl or cyclic N) is 1. The quantitative estimate of drug-likeness (QED) is 0.692. The second kappa shape index (κ2) is 8.13. The van der Waals surface area contributed by atoms with E-state index in [1.807, 2.05) is 36.7 Å². The Kier molecular flexibility index (Phi) is 6.08. The molecule has 0 fully saturated rings. The molecule has 1 aromatic heterocycles. The zero-order chi connectivity index (χ0) is 18.7. The maximum Gasteiger partial charge on any atom is 0.0958 e. The second-order valence-corrected chi connectivity index (χ2v) is 8.35. The highest BCUT2D eigenvalue weighted by atomic mass is 35.5. The average Bonchev–Trinajstić information content (AvgIpc) is 3.03. The molecule has 2 N–H and O–H groups in total. The first-order valence-electron chi connectivity index (χ1n) is 8.90. The van der Waals surface area contributed by atoms with Gasteiger partial charge in [-0.2, -0.15) is 0 Å². The lowest BCUT2D eigenvalue weighted by Crippen LogP contribution is -2.44. The third kappa shape index (κ3) is 4.68. The van der Waals surface area contributed by atoms with Crippen LogP contribution in [0.1, 0.15) is 26.7 Å². The fourth-order valence-corrected chi connectivity index (χ4v) is 3.61. The number of allylic oxidation sites excluding steroid dienone is 2. The molecule has 2 unspecified atom stereocenters. The number of alkyl halides is 1. The first-order chi connectivity index (χ1) is 12.4. The van der Waals surface area contributed by atoms with Crippen molar-refractivity contribution in [1.82, 2.24) is 14.9 Å². The van der Waals surface area contributed by atoms with Crippen LogP contribution in [-0.4, -0.2) is 38.2 Å². The fraction of sp³-hybridized carbons (Fsp3) is 0.450. The van der Waals surface area contributed by atoms with E-state index in [1.54, 1.807) is 0 Å². The molecule has 0 spiro atoms. The summed E-state index contributed by atoms with van der Waals surface area (Å²) in [4.78, 5) is 4.43. The average molecular weight is 394 g/mol. The lowest BCUT2D eigenvalue weighted by atomic mass is 9.97. The van der Waals surface area contributed by atoms with Gasteiger partial charge in [-0.25, -0.2) is 4.98 Å². The third-order valence-electron chi connectivity index (χ3n) is 4.80. The Bertz CT molecular complexity index is 825. The van der Waals surface area contributed by atoms with Crippen molar-refractivity contribution in [1.29, 1.82) is 0 Å². The smallest absolute Gasteiger partial charge is 0.0958 e. The summed E-state index contributed by atoms with van der Waals surface area (Å²) in [5.41, 5.74) is 2.72. The highest BCUT2D eigenvalue weighted by Gasteiger charge is 2.23. The van der Waals surface area contributed by atoms with Gasteiger partial charge in [0.25, 0.3) is 0 Å². The number of fused-ring (bicyclic) bond motifs is 1. The lowest BCUT2D eigenvalue weighted by molar-refractivity contribution is 0.189. The van der Waals surface area contributed by atoms with Gasteiger partial charge in [-0.15, -0.1) is 11.6 Å². The van der Waals surface area contributed by atoms with Crippen molar-refractivity contribution in [3.63, 3.8) is 0 Å². The number of para-hydroxylation sites is 2. The Morgan fingerprint density at radius 3 is 2.96 bits per heavy atom. The van der Waals surface area contributed by atoms with E-state index in [4.69, 9.17) is 23.2 Å². The van der Waals surface area contributed by atoms with Crippen molar-refractivity contribution in [2.45, 2.75) is 50.3 Å². The summed E-state index contributed by atoms with van der Waals surface area (Å²) in [6, 6.07) is 8.13. The maximum atomic E-state index is 10.5. The molecule has 2 atom stereocenters. The molecule has 3 rings (SSSR count). The van der Waals surface area contributed by atoms with Crippen LogP contribution in [0, 0.1) is 0 Å². The van der Waals surface area contributed by atoms with Crippen LogP contribution >= 0.6 is 23.2 Å². The van der Waals surface area contributed by atoms with Crippen molar-refractivity contribution in [3.05, 3.63) is 53.4 Å². The highest BCUT2D eigenvalue weighted by Crippen LogP contribution is 2.27. The molecule has 1 heterocycles. The number of benzene rings is 1. The summed E-state index contributed by atoms with van der Waals surface area (Å²) in [6.07, 6.45) is 6.53. The van der Waals surface area contributed by atoms with Crippen LogP contribution < -0.4 is 5.32 Å². The minimum absolute atomic E-state index is 0.107. The molecule has 4 nitrogen and oxygen atoms in total. The van der Waals surface area contributed by atoms with Crippen LogP contribution in [0.2, 0.25) is 0 Å². The summed E-state index contributed by atoms with van der Waals surface area (Å²) in [6.45, 7) is 5.55. The van der Waals surface area contributed by atoms with Gasteiger partial charge in [0, 0.05) is 23.7 Å². The number of imidazole rings is 1. The van der Waals surface area contributed by atoms with E-state index in [0.717, 1.165) is 24.0 Å². The van der Waals surface area contributed by atoms with Gasteiger partial charge in [0.1, 0.15) is 0 Å². The van der Waals surface area contributed by atoms with Crippen LogP contribution in [0.5, 0.6) is 0 Å². The van der Waals surface area contributed by atoms with Gasteiger partial charge >= 0.3 is 0 Å². The van der Waals surface area contributed by atoms with Gasteiger partial charge in [0.05, 0.1) is 28.8 Å². The Labute approximate surface area is 164 Å². The minimum Gasteiger partial charge on any atom is -0.387 e. The predicted molar refractivity (Wildman–Crippen MR) is 109 cm³/mol. The molecule has 0 saturated carbocycles. The zero-order valence-corrected chi connectivity index (χ0v) is 16.6. The van der Waals surface area contributed by atoms with Crippen LogP contribution in [0.4, 0.5) is 0 Å². The normalized spacial score (nSPS) is 19.3. The monoisotopic (exact) mass is 393 g/mol. The van der Waals surface area contributed by atoms with E-state index in [2.05, 4.69) is 34.8 Å². The van der Waals surface area contributed by atoms with E-state index >= 15 is 0 Å². The molecule has 1 aliphatic carbocycles. The number of halogens is 2. The number of aliphatic hydroxyl groups is 1.